The highest BCUT2D eigenvalue weighted by atomic mass is 16.3. The molecule has 1 aromatic heterocycles. The van der Waals surface area contributed by atoms with Crippen LogP contribution < -0.4 is 0 Å². The van der Waals surface area contributed by atoms with Gasteiger partial charge in [0.05, 0.1) is 5.69 Å². The van der Waals surface area contributed by atoms with Crippen molar-refractivity contribution in [3.05, 3.63) is 47.8 Å². The van der Waals surface area contributed by atoms with Crippen LogP contribution in [0.4, 0.5) is 0 Å². The molecule has 1 aliphatic heterocycles. The van der Waals surface area contributed by atoms with Gasteiger partial charge in [-0.15, -0.1) is 0 Å². The average Bonchev–Trinajstić information content (AvgIpc) is 2.98. The Hall–Kier alpha value is -1.78. The number of aliphatic hydroxyl groups excluding tert-OH is 1. The lowest BCUT2D eigenvalue weighted by molar-refractivity contribution is 0.132. The average molecular weight is 323 g/mol. The summed E-state index contributed by atoms with van der Waals surface area (Å²) in [6.07, 6.45) is 7.63. The van der Waals surface area contributed by atoms with E-state index in [0.29, 0.717) is 0 Å². The summed E-state index contributed by atoms with van der Waals surface area (Å²) in [5, 5.41) is 9.13. The van der Waals surface area contributed by atoms with E-state index in [1.165, 1.54) is 30.5 Å². The molecule has 4 heteroatoms. The highest BCUT2D eigenvalue weighted by molar-refractivity contribution is 5.55. The Balaban J connectivity index is 1.65. The molecular weight excluding hydrogens is 298 g/mol. The molecule has 2 heterocycles. The van der Waals surface area contributed by atoms with Crippen LogP contribution in [0.2, 0.25) is 0 Å². The van der Waals surface area contributed by atoms with E-state index in [2.05, 4.69) is 22.0 Å². The summed E-state index contributed by atoms with van der Waals surface area (Å²) in [5.41, 5.74) is 3.90. The molecule has 2 aliphatic rings. The Morgan fingerprint density at radius 2 is 2.04 bits per heavy atom. The van der Waals surface area contributed by atoms with Crippen LogP contribution in [0.25, 0.3) is 11.4 Å². The fourth-order valence-corrected chi connectivity index (χ4v) is 4.38. The lowest BCUT2D eigenvalue weighted by Crippen LogP contribution is -2.45. The Morgan fingerprint density at radius 3 is 2.88 bits per heavy atom. The van der Waals surface area contributed by atoms with Crippen molar-refractivity contribution >= 4 is 0 Å². The summed E-state index contributed by atoms with van der Waals surface area (Å²) >= 11 is 0. The number of likely N-dealkylation sites (tertiary alicyclic amines) is 1. The van der Waals surface area contributed by atoms with Crippen LogP contribution in [-0.4, -0.2) is 46.2 Å². The minimum absolute atomic E-state index is 0.190. The molecule has 0 amide bonds. The minimum Gasteiger partial charge on any atom is -0.396 e. The summed E-state index contributed by atoms with van der Waals surface area (Å²) in [5.74, 6) is 0.850. The molecule has 4 rings (SSSR count). The van der Waals surface area contributed by atoms with Crippen molar-refractivity contribution in [1.29, 1.82) is 0 Å². The van der Waals surface area contributed by atoms with E-state index in [-0.39, 0.29) is 12.0 Å². The second-order valence-electron chi connectivity index (χ2n) is 7.17. The third kappa shape index (κ3) is 2.85. The van der Waals surface area contributed by atoms with Crippen molar-refractivity contribution < 1.29 is 5.11 Å². The van der Waals surface area contributed by atoms with E-state index in [0.717, 1.165) is 43.9 Å². The van der Waals surface area contributed by atoms with E-state index in [4.69, 9.17) is 10.1 Å². The van der Waals surface area contributed by atoms with E-state index in [1.807, 2.05) is 24.4 Å². The maximum Gasteiger partial charge on any atom is 0.159 e. The molecule has 24 heavy (non-hydrogen) atoms. The third-order valence-corrected chi connectivity index (χ3v) is 5.56. The normalized spacial score (nSPS) is 23.5. The van der Waals surface area contributed by atoms with Crippen LogP contribution in [-0.2, 0) is 11.8 Å². The molecule has 0 saturated carbocycles. The molecule has 0 radical (unpaired) electrons. The molecule has 0 bridgehead atoms. The monoisotopic (exact) mass is 323 g/mol. The number of rotatable bonds is 4. The van der Waals surface area contributed by atoms with Gasteiger partial charge in [-0.05, 0) is 44.2 Å². The molecule has 4 nitrogen and oxygen atoms in total. The van der Waals surface area contributed by atoms with Crippen LogP contribution in [0.15, 0.2) is 36.5 Å². The summed E-state index contributed by atoms with van der Waals surface area (Å²) < 4.78 is 0. The maximum absolute atomic E-state index is 9.13. The molecule has 1 fully saturated rings. The highest BCUT2D eigenvalue weighted by Gasteiger charge is 2.43. The van der Waals surface area contributed by atoms with Crippen LogP contribution in [0.1, 0.15) is 36.9 Å². The number of fused-ring (bicyclic) bond motifs is 2. The van der Waals surface area contributed by atoms with Gasteiger partial charge in [-0.2, -0.15) is 0 Å². The van der Waals surface area contributed by atoms with E-state index in [9.17, 15) is 0 Å². The lowest BCUT2D eigenvalue weighted by Gasteiger charge is -2.40. The number of aromatic nitrogens is 2. The number of nitrogens with zero attached hydrogens (tertiary/aromatic N) is 3. The van der Waals surface area contributed by atoms with Crippen molar-refractivity contribution in [2.75, 3.05) is 26.2 Å². The summed E-state index contributed by atoms with van der Waals surface area (Å²) in [6, 6.07) is 10.3. The second kappa shape index (κ2) is 6.61. The maximum atomic E-state index is 9.13. The Morgan fingerprint density at radius 1 is 1.17 bits per heavy atom. The predicted octanol–water partition coefficient (Wildman–Crippen LogP) is 2.81. The number of aliphatic hydroxyl groups is 1. The van der Waals surface area contributed by atoms with Gasteiger partial charge in [0.15, 0.2) is 5.82 Å². The number of hydrogen-bond donors (Lipinski definition) is 1. The first-order valence-electron chi connectivity index (χ1n) is 9.06. The van der Waals surface area contributed by atoms with Gasteiger partial charge < -0.3 is 10.0 Å². The van der Waals surface area contributed by atoms with Crippen molar-refractivity contribution in [2.45, 2.75) is 37.5 Å². The number of benzene rings is 1. The highest BCUT2D eigenvalue weighted by Crippen LogP contribution is 2.44. The summed E-state index contributed by atoms with van der Waals surface area (Å²) in [6.45, 7) is 3.49. The largest absolute Gasteiger partial charge is 0.396 e. The second-order valence-corrected chi connectivity index (χ2v) is 7.17. The topological polar surface area (TPSA) is 49.2 Å². The summed E-state index contributed by atoms with van der Waals surface area (Å²) in [4.78, 5) is 12.2. The van der Waals surface area contributed by atoms with Gasteiger partial charge in [-0.25, -0.2) is 9.97 Å². The number of hydrogen-bond acceptors (Lipinski definition) is 4. The molecule has 1 unspecified atom stereocenters. The molecule has 1 aliphatic carbocycles. The van der Waals surface area contributed by atoms with Gasteiger partial charge in [0.2, 0.25) is 0 Å². The first kappa shape index (κ1) is 15.7. The predicted molar refractivity (Wildman–Crippen MR) is 94.8 cm³/mol. The van der Waals surface area contributed by atoms with Gasteiger partial charge in [-0.3, -0.25) is 0 Å². The molecular formula is C20H25N3O. The first-order chi connectivity index (χ1) is 11.8. The van der Waals surface area contributed by atoms with Gasteiger partial charge in [0, 0.05) is 36.9 Å². The van der Waals surface area contributed by atoms with Crippen molar-refractivity contribution in [2.24, 2.45) is 0 Å². The Kier molecular flexibility index (Phi) is 4.33. The number of piperidine rings is 1. The molecule has 1 N–H and O–H groups in total. The minimum atomic E-state index is 0.190. The van der Waals surface area contributed by atoms with Gasteiger partial charge in [0.25, 0.3) is 0 Å². The molecule has 1 saturated heterocycles. The number of aryl methyl sites for hydroxylation is 1. The summed E-state index contributed by atoms with van der Waals surface area (Å²) in [7, 11) is 0. The van der Waals surface area contributed by atoms with Gasteiger partial charge >= 0.3 is 0 Å². The quantitative estimate of drug-likeness (QED) is 0.940. The zero-order chi connectivity index (χ0) is 16.4. The third-order valence-electron chi connectivity index (χ3n) is 5.56. The van der Waals surface area contributed by atoms with Crippen LogP contribution in [0.3, 0.4) is 0 Å². The Bertz CT molecular complexity index is 699. The van der Waals surface area contributed by atoms with Crippen LogP contribution in [0.5, 0.6) is 0 Å². The lowest BCUT2D eigenvalue weighted by atomic mass is 9.77. The van der Waals surface area contributed by atoms with E-state index >= 15 is 0 Å². The van der Waals surface area contributed by atoms with E-state index < -0.39 is 0 Å². The molecule has 126 valence electrons. The van der Waals surface area contributed by atoms with E-state index in [1.54, 1.807) is 0 Å². The zero-order valence-electron chi connectivity index (χ0n) is 14.1. The fraction of sp³-hybridized carbons (Fsp3) is 0.500. The molecule has 2 aromatic rings. The first-order valence-corrected chi connectivity index (χ1v) is 9.06. The van der Waals surface area contributed by atoms with Gasteiger partial charge in [-0.1, -0.05) is 30.3 Å². The van der Waals surface area contributed by atoms with Crippen molar-refractivity contribution in [3.8, 4) is 11.4 Å². The SMILES string of the molecule is OCCCN1CCCC2(CCc3cnc(-c4ccccc4)nc32)C1. The molecule has 1 aromatic carbocycles. The Labute approximate surface area is 143 Å². The zero-order valence-corrected chi connectivity index (χ0v) is 14.1. The van der Waals surface area contributed by atoms with Crippen molar-refractivity contribution in [3.63, 3.8) is 0 Å². The molecule has 1 spiro atoms. The van der Waals surface area contributed by atoms with Crippen molar-refractivity contribution in [1.82, 2.24) is 14.9 Å². The standard InChI is InChI=1S/C20H25N3O/c24-13-5-12-23-11-4-9-20(15-23)10-8-17-14-21-19(22-18(17)20)16-6-2-1-3-7-16/h1-3,6-7,14,24H,4-5,8-13,15H2. The smallest absolute Gasteiger partial charge is 0.159 e. The fourth-order valence-electron chi connectivity index (χ4n) is 4.38. The van der Waals surface area contributed by atoms with Gasteiger partial charge in [0.1, 0.15) is 0 Å². The van der Waals surface area contributed by atoms with Crippen LogP contribution in [0, 0.1) is 0 Å². The van der Waals surface area contributed by atoms with Crippen LogP contribution >= 0.6 is 0 Å². The molecule has 1 atom stereocenters.